The van der Waals surface area contributed by atoms with Crippen LogP contribution in [0.3, 0.4) is 0 Å². The minimum absolute atomic E-state index is 0.0972. The molecule has 2 fully saturated rings. The molecule has 2 saturated heterocycles. The van der Waals surface area contributed by atoms with Crippen molar-refractivity contribution in [2.75, 3.05) is 41.4 Å². The molecule has 13 heteroatoms. The van der Waals surface area contributed by atoms with Gasteiger partial charge >= 0.3 is 12.2 Å². The minimum Gasteiger partial charge on any atom is -0.475 e. The van der Waals surface area contributed by atoms with Crippen molar-refractivity contribution in [3.05, 3.63) is 54.2 Å². The molecule has 1 N–H and O–H groups in total. The first-order valence-corrected chi connectivity index (χ1v) is 12.9. The predicted octanol–water partition coefficient (Wildman–Crippen LogP) is 4.72. The van der Waals surface area contributed by atoms with E-state index in [-0.39, 0.29) is 36.0 Å². The highest BCUT2D eigenvalue weighted by atomic mass is 19.4. The standard InChI is InChI=1S/C27H27F3N6O4/c1-26(2)39-15-19(40-26)14-38-22-8-4-7-21(32-22)33-25(37)36-18-9-10-35(13-18)20-12-31-23(34-24(20)36)16-5-3-6-17(11-16)27(28,29)30/h3-8,11-12,18-19H,9-10,13-15H2,1-2H3,(H,32,33,37)/t18-,19+/m0/s1. The number of nitrogens with zero attached hydrogens (tertiary/aromatic N) is 5. The molecule has 5 heterocycles. The zero-order valence-electron chi connectivity index (χ0n) is 21.8. The van der Waals surface area contributed by atoms with E-state index < -0.39 is 23.6 Å². The molecule has 40 heavy (non-hydrogen) atoms. The van der Waals surface area contributed by atoms with E-state index in [0.717, 1.165) is 12.1 Å². The van der Waals surface area contributed by atoms with Crippen LogP contribution in [0.5, 0.6) is 5.88 Å². The van der Waals surface area contributed by atoms with Crippen LogP contribution in [-0.2, 0) is 15.7 Å². The first-order valence-electron chi connectivity index (χ1n) is 12.9. The Morgan fingerprint density at radius 3 is 2.80 bits per heavy atom. The number of carbonyl (C=O) groups excluding carboxylic acids is 1. The average Bonchev–Trinajstić information content (AvgIpc) is 3.50. The number of hydrogen-bond donors (Lipinski definition) is 1. The summed E-state index contributed by atoms with van der Waals surface area (Å²) in [6.45, 7) is 5.61. The van der Waals surface area contributed by atoms with E-state index in [0.29, 0.717) is 43.5 Å². The Morgan fingerprint density at radius 2 is 2.02 bits per heavy atom. The van der Waals surface area contributed by atoms with Crippen LogP contribution in [0.25, 0.3) is 11.4 Å². The van der Waals surface area contributed by atoms with Gasteiger partial charge in [0.25, 0.3) is 0 Å². The number of nitrogens with one attached hydrogen (secondary N) is 1. The molecule has 0 unspecified atom stereocenters. The number of benzene rings is 1. The Kier molecular flexibility index (Phi) is 6.50. The molecule has 3 aliphatic heterocycles. The monoisotopic (exact) mass is 556 g/mol. The first-order chi connectivity index (χ1) is 19.1. The smallest absolute Gasteiger partial charge is 0.416 e. The van der Waals surface area contributed by atoms with E-state index in [4.69, 9.17) is 14.2 Å². The number of rotatable bonds is 5. The number of pyridine rings is 1. The number of fused-ring (bicyclic) bond motifs is 4. The number of urea groups is 1. The van der Waals surface area contributed by atoms with Crippen molar-refractivity contribution in [2.45, 2.75) is 44.4 Å². The highest BCUT2D eigenvalue weighted by Crippen LogP contribution is 2.40. The largest absolute Gasteiger partial charge is 0.475 e. The van der Waals surface area contributed by atoms with Gasteiger partial charge in [-0.05, 0) is 38.5 Å². The number of aromatic nitrogens is 3. The van der Waals surface area contributed by atoms with Crippen LogP contribution in [0.1, 0.15) is 25.8 Å². The van der Waals surface area contributed by atoms with E-state index in [1.165, 1.54) is 12.1 Å². The molecule has 10 nitrogen and oxygen atoms in total. The Morgan fingerprint density at radius 1 is 1.20 bits per heavy atom. The molecular weight excluding hydrogens is 529 g/mol. The SMILES string of the molecule is CC1(C)OC[C@@H](COc2cccc(NC(=O)N3c4nc(-c5cccc(C(F)(F)F)c5)ncc4N4CC[C@H]3C4)n2)O1. The quantitative estimate of drug-likeness (QED) is 0.482. The Bertz CT molecular complexity index is 1440. The fraction of sp³-hybridized carbons (Fsp3) is 0.407. The molecule has 0 spiro atoms. The van der Waals surface area contributed by atoms with Crippen LogP contribution in [0, 0.1) is 0 Å². The maximum atomic E-state index is 13.6. The van der Waals surface area contributed by atoms with Crippen molar-refractivity contribution < 1.29 is 32.2 Å². The van der Waals surface area contributed by atoms with E-state index in [1.807, 2.05) is 13.8 Å². The topological polar surface area (TPSA) is 102 Å². The normalized spacial score (nSPS) is 21.3. The molecule has 0 saturated carbocycles. The summed E-state index contributed by atoms with van der Waals surface area (Å²) in [7, 11) is 0. The molecule has 2 bridgehead atoms. The maximum absolute atomic E-state index is 13.6. The summed E-state index contributed by atoms with van der Waals surface area (Å²) in [4.78, 5) is 30.5. The summed E-state index contributed by atoms with van der Waals surface area (Å²) in [6.07, 6.45) is -2.47. The summed E-state index contributed by atoms with van der Waals surface area (Å²) in [5.41, 5.74) is 0.0532. The van der Waals surface area contributed by atoms with Crippen molar-refractivity contribution in [3.63, 3.8) is 0 Å². The molecular formula is C27H27F3N6O4. The van der Waals surface area contributed by atoms with Crippen molar-refractivity contribution >= 4 is 23.4 Å². The highest BCUT2D eigenvalue weighted by Gasteiger charge is 2.41. The van der Waals surface area contributed by atoms with Gasteiger partial charge in [0.1, 0.15) is 18.5 Å². The van der Waals surface area contributed by atoms with Crippen molar-refractivity contribution in [2.24, 2.45) is 0 Å². The van der Waals surface area contributed by atoms with Crippen LogP contribution in [0.15, 0.2) is 48.7 Å². The summed E-state index contributed by atoms with van der Waals surface area (Å²) in [5.74, 6) is 0.358. The second-order valence-corrected chi connectivity index (χ2v) is 10.3. The van der Waals surface area contributed by atoms with E-state index in [9.17, 15) is 18.0 Å². The number of ether oxygens (including phenoxy) is 3. The third-order valence-corrected chi connectivity index (χ3v) is 6.96. The van der Waals surface area contributed by atoms with Gasteiger partial charge in [-0.15, -0.1) is 0 Å². The van der Waals surface area contributed by atoms with Gasteiger partial charge in [0.05, 0.1) is 30.1 Å². The first kappa shape index (κ1) is 26.3. The second-order valence-electron chi connectivity index (χ2n) is 10.3. The number of hydrogen-bond acceptors (Lipinski definition) is 8. The van der Waals surface area contributed by atoms with E-state index in [1.54, 1.807) is 29.3 Å². The fourth-order valence-electron chi connectivity index (χ4n) is 5.10. The zero-order chi connectivity index (χ0) is 28.1. The second kappa shape index (κ2) is 9.89. The fourth-order valence-corrected chi connectivity index (χ4v) is 5.10. The molecule has 1 aromatic carbocycles. The summed E-state index contributed by atoms with van der Waals surface area (Å²) < 4.78 is 56.9. The zero-order valence-corrected chi connectivity index (χ0v) is 21.8. The van der Waals surface area contributed by atoms with Crippen LogP contribution in [0.4, 0.5) is 35.3 Å². The van der Waals surface area contributed by atoms with Gasteiger partial charge in [-0.25, -0.2) is 14.8 Å². The molecule has 0 radical (unpaired) electrons. The Balaban J connectivity index is 1.22. The lowest BCUT2D eigenvalue weighted by atomic mass is 10.1. The van der Waals surface area contributed by atoms with Crippen molar-refractivity contribution in [1.29, 1.82) is 0 Å². The molecule has 2 atom stereocenters. The third kappa shape index (κ3) is 5.26. The molecule has 2 aromatic heterocycles. The molecule has 210 valence electrons. The van der Waals surface area contributed by atoms with Crippen molar-refractivity contribution in [3.8, 4) is 17.3 Å². The number of carbonyl (C=O) groups is 1. The van der Waals surface area contributed by atoms with Crippen LogP contribution in [-0.4, -0.2) is 65.2 Å². The highest BCUT2D eigenvalue weighted by molar-refractivity contribution is 6.04. The minimum atomic E-state index is -4.50. The van der Waals surface area contributed by atoms with Crippen LogP contribution in [0.2, 0.25) is 0 Å². The predicted molar refractivity (Wildman–Crippen MR) is 139 cm³/mol. The van der Waals surface area contributed by atoms with Gasteiger partial charge in [0.15, 0.2) is 17.4 Å². The lowest BCUT2D eigenvalue weighted by molar-refractivity contribution is -0.141. The van der Waals surface area contributed by atoms with Gasteiger partial charge < -0.3 is 19.1 Å². The van der Waals surface area contributed by atoms with Gasteiger partial charge in [0.2, 0.25) is 5.88 Å². The van der Waals surface area contributed by atoms with Gasteiger partial charge in [0, 0.05) is 24.7 Å². The van der Waals surface area contributed by atoms with Crippen LogP contribution < -0.4 is 19.9 Å². The summed E-state index contributed by atoms with van der Waals surface area (Å²) in [5, 5.41) is 2.82. The average molecular weight is 557 g/mol. The van der Waals surface area contributed by atoms with Gasteiger partial charge in [-0.2, -0.15) is 18.2 Å². The lowest BCUT2D eigenvalue weighted by Gasteiger charge is -2.35. The molecule has 3 aliphatic rings. The Labute approximate surface area is 228 Å². The number of alkyl halides is 3. The van der Waals surface area contributed by atoms with E-state index in [2.05, 4.69) is 25.2 Å². The molecule has 3 aromatic rings. The van der Waals surface area contributed by atoms with Gasteiger partial charge in [-0.3, -0.25) is 10.2 Å². The van der Waals surface area contributed by atoms with Crippen molar-refractivity contribution in [1.82, 2.24) is 15.0 Å². The van der Waals surface area contributed by atoms with Gasteiger partial charge in [-0.1, -0.05) is 18.2 Å². The third-order valence-electron chi connectivity index (χ3n) is 6.96. The van der Waals surface area contributed by atoms with E-state index >= 15 is 0 Å². The summed E-state index contributed by atoms with van der Waals surface area (Å²) in [6, 6.07) is 9.23. The maximum Gasteiger partial charge on any atom is 0.416 e. The number of amides is 2. The Hall–Kier alpha value is -3.97. The lowest BCUT2D eigenvalue weighted by Crippen LogP contribution is -2.48. The molecule has 6 rings (SSSR count). The summed E-state index contributed by atoms with van der Waals surface area (Å²) >= 11 is 0. The molecule has 0 aliphatic carbocycles. The molecule has 2 amide bonds. The number of anilines is 3. The van der Waals surface area contributed by atoms with Crippen LogP contribution >= 0.6 is 0 Å². The number of halogens is 3.